The van der Waals surface area contributed by atoms with Crippen molar-refractivity contribution in [2.75, 3.05) is 30.1 Å². The molecule has 3 heterocycles. The van der Waals surface area contributed by atoms with Crippen LogP contribution in [0.25, 0.3) is 10.2 Å². The minimum atomic E-state index is -2.26. The van der Waals surface area contributed by atoms with Crippen LogP contribution >= 0.6 is 11.3 Å². The van der Waals surface area contributed by atoms with Crippen LogP contribution in [0, 0.1) is 17.1 Å². The Kier molecular flexibility index (Phi) is 9.50. The molecule has 4 aromatic rings. The van der Waals surface area contributed by atoms with E-state index in [1.54, 1.807) is 29.2 Å². The number of hydrogen-bond acceptors (Lipinski definition) is 9. The first-order valence-corrected chi connectivity index (χ1v) is 16.7. The topological polar surface area (TPSA) is 188 Å². The van der Waals surface area contributed by atoms with Crippen molar-refractivity contribution in [3.05, 3.63) is 89.2 Å². The molecule has 0 spiro atoms. The van der Waals surface area contributed by atoms with Gasteiger partial charge in [0, 0.05) is 25.2 Å². The Hall–Kier alpha value is -5.15. The maximum absolute atomic E-state index is 14.2. The number of nitrogen functional groups attached to an aromatic ring is 1. The number of thiazole rings is 1. The molecule has 0 saturated carbocycles. The predicted molar refractivity (Wildman–Crippen MR) is 176 cm³/mol. The fourth-order valence-electron chi connectivity index (χ4n) is 6.00. The van der Waals surface area contributed by atoms with Crippen LogP contribution in [-0.4, -0.2) is 83.3 Å². The van der Waals surface area contributed by atoms with Crippen LogP contribution in [0.1, 0.15) is 16.7 Å². The average Bonchev–Trinajstić information content (AvgIpc) is 3.60. The van der Waals surface area contributed by atoms with Gasteiger partial charge in [-0.3, -0.25) is 18.9 Å². The zero-order valence-corrected chi connectivity index (χ0v) is 26.9. The quantitative estimate of drug-likeness (QED) is 0.143. The number of para-hydroxylation sites is 1. The molecule has 2 saturated heterocycles. The van der Waals surface area contributed by atoms with Gasteiger partial charge < -0.3 is 20.9 Å². The number of hydrazine groups is 1. The molecule has 2 aliphatic rings. The molecule has 0 bridgehead atoms. The summed E-state index contributed by atoms with van der Waals surface area (Å²) in [5.74, 6) is -1.12. The Morgan fingerprint density at radius 2 is 1.88 bits per heavy atom. The molecule has 3 aromatic carbocycles. The van der Waals surface area contributed by atoms with Gasteiger partial charge in [0.25, 0.3) is 11.3 Å². The molecule has 3 atom stereocenters. The average molecular weight is 692 g/mol. The molecule has 1 aromatic heterocycles. The number of hydrogen-bond donors (Lipinski definition) is 4. The van der Waals surface area contributed by atoms with Crippen LogP contribution in [0.4, 0.5) is 20.0 Å². The molecular formula is C31H30FN9O5S2. The van der Waals surface area contributed by atoms with Crippen LogP contribution in [0.5, 0.6) is 0 Å². The second kappa shape index (κ2) is 13.9. The first kappa shape index (κ1) is 32.8. The summed E-state index contributed by atoms with van der Waals surface area (Å²) in [7, 11) is 0. The van der Waals surface area contributed by atoms with Crippen molar-refractivity contribution in [1.82, 2.24) is 30.1 Å². The lowest BCUT2D eigenvalue weighted by atomic mass is 9.99. The number of nitriles is 1. The molecule has 5 N–H and O–H groups in total. The largest absolute Gasteiger partial charge is 0.375 e. The minimum Gasteiger partial charge on any atom is -0.375 e. The summed E-state index contributed by atoms with van der Waals surface area (Å²) in [5.41, 5.74) is 9.13. The van der Waals surface area contributed by atoms with E-state index in [0.717, 1.165) is 15.3 Å². The Bertz CT molecular complexity index is 1920. The highest BCUT2D eigenvalue weighted by molar-refractivity contribution is 7.80. The van der Waals surface area contributed by atoms with Crippen LogP contribution in [0.15, 0.2) is 66.7 Å². The van der Waals surface area contributed by atoms with Crippen LogP contribution < -0.4 is 15.8 Å². The third-order valence-corrected chi connectivity index (χ3v) is 9.42. The Labute approximate surface area is 280 Å². The molecule has 4 amide bonds. The van der Waals surface area contributed by atoms with Gasteiger partial charge in [-0.15, -0.1) is 0 Å². The van der Waals surface area contributed by atoms with Crippen molar-refractivity contribution >= 4 is 61.5 Å². The van der Waals surface area contributed by atoms with E-state index in [-0.39, 0.29) is 45.1 Å². The summed E-state index contributed by atoms with van der Waals surface area (Å²) in [6.07, 6.45) is -0.667. The van der Waals surface area contributed by atoms with E-state index in [0.29, 0.717) is 27.5 Å². The van der Waals surface area contributed by atoms with E-state index in [1.807, 2.05) is 24.3 Å². The zero-order chi connectivity index (χ0) is 33.9. The second-order valence-corrected chi connectivity index (χ2v) is 12.9. The van der Waals surface area contributed by atoms with Crippen molar-refractivity contribution in [3.8, 4) is 6.07 Å². The number of nitrogens with zero attached hydrogens (tertiary/aromatic N) is 6. The van der Waals surface area contributed by atoms with Crippen molar-refractivity contribution in [1.29, 1.82) is 5.26 Å². The molecule has 2 aliphatic heterocycles. The summed E-state index contributed by atoms with van der Waals surface area (Å²) in [6, 6.07) is 18.2. The van der Waals surface area contributed by atoms with E-state index in [9.17, 15) is 28.2 Å². The number of piperazine rings is 1. The fraction of sp³-hybridized carbons (Fsp3) is 0.258. The van der Waals surface area contributed by atoms with Gasteiger partial charge in [-0.05, 0) is 47.0 Å². The number of rotatable bonds is 10. The number of amides is 4. The third-order valence-electron chi connectivity index (χ3n) is 8.16. The maximum Gasteiger partial charge on any atom is 0.333 e. The highest BCUT2D eigenvalue weighted by Gasteiger charge is 2.52. The number of nitrogens with two attached hydrogens (primary N) is 1. The molecule has 17 heteroatoms. The molecule has 0 aliphatic carbocycles. The van der Waals surface area contributed by atoms with Gasteiger partial charge in [0.05, 0.1) is 29.4 Å². The van der Waals surface area contributed by atoms with Gasteiger partial charge in [-0.25, -0.2) is 23.4 Å². The van der Waals surface area contributed by atoms with Crippen molar-refractivity contribution < 1.29 is 27.5 Å². The second-order valence-electron chi connectivity index (χ2n) is 11.2. The lowest BCUT2D eigenvalue weighted by molar-refractivity contribution is -0.157. The molecule has 1 unspecified atom stereocenters. The number of aromatic nitrogens is 1. The number of halogens is 1. The summed E-state index contributed by atoms with van der Waals surface area (Å²) >= 11 is -0.931. The highest BCUT2D eigenvalue weighted by atomic mass is 32.2. The number of anilines is 2. The van der Waals surface area contributed by atoms with E-state index in [2.05, 4.69) is 15.0 Å². The van der Waals surface area contributed by atoms with Gasteiger partial charge in [0.2, 0.25) is 11.8 Å². The lowest BCUT2D eigenvalue weighted by Gasteiger charge is -2.46. The van der Waals surface area contributed by atoms with E-state index < -0.39 is 41.2 Å². The molecule has 48 heavy (non-hydrogen) atoms. The monoisotopic (exact) mass is 691 g/mol. The Balaban J connectivity index is 1.30. The van der Waals surface area contributed by atoms with Gasteiger partial charge in [0.15, 0.2) is 5.13 Å². The molecule has 6 rings (SSSR count). The van der Waals surface area contributed by atoms with Crippen molar-refractivity contribution in [3.63, 3.8) is 0 Å². The predicted octanol–water partition coefficient (Wildman–Crippen LogP) is 2.64. The van der Waals surface area contributed by atoms with E-state index in [4.69, 9.17) is 10.3 Å². The summed E-state index contributed by atoms with van der Waals surface area (Å²) < 4.78 is 37.0. The Morgan fingerprint density at radius 1 is 1.15 bits per heavy atom. The van der Waals surface area contributed by atoms with Gasteiger partial charge in [-0.1, -0.05) is 47.7 Å². The van der Waals surface area contributed by atoms with Gasteiger partial charge >= 0.3 is 6.03 Å². The summed E-state index contributed by atoms with van der Waals surface area (Å²) in [4.78, 5) is 48.9. The van der Waals surface area contributed by atoms with Gasteiger partial charge in [-0.2, -0.15) is 10.3 Å². The first-order chi connectivity index (χ1) is 23.1. The van der Waals surface area contributed by atoms with E-state index >= 15 is 0 Å². The number of benzene rings is 3. The molecule has 2 fully saturated rings. The third kappa shape index (κ3) is 6.92. The van der Waals surface area contributed by atoms with Crippen molar-refractivity contribution in [2.45, 2.75) is 31.7 Å². The zero-order valence-electron chi connectivity index (χ0n) is 25.3. The number of carbonyl (C=O) groups excluding carboxylic acids is 3. The van der Waals surface area contributed by atoms with Gasteiger partial charge in [0.1, 0.15) is 24.6 Å². The molecule has 14 nitrogen and oxygen atoms in total. The molecule has 0 radical (unpaired) electrons. The minimum absolute atomic E-state index is 0.0371. The summed E-state index contributed by atoms with van der Waals surface area (Å²) in [5, 5.41) is 15.5. The summed E-state index contributed by atoms with van der Waals surface area (Å²) in [6.45, 7) is -0.376. The molecular weight excluding hydrogens is 662 g/mol. The van der Waals surface area contributed by atoms with Crippen LogP contribution in [0.3, 0.4) is 0 Å². The fourth-order valence-corrected chi connectivity index (χ4v) is 7.12. The number of fused-ring (bicyclic) bond motifs is 2. The number of carbonyl (C=O) groups is 3. The van der Waals surface area contributed by atoms with Crippen LogP contribution in [-0.2, 0) is 40.4 Å². The number of urea groups is 1. The molecule has 248 valence electrons. The SMILES string of the molecule is N#CCN(C(=O)NCc1ccc(F)cc1)N1CC(=O)N2[C@@H](Cc3ccc(NS(=O)O)cc3)C(=O)N(Cc3cccc4sc(N)nc34)C[C@@H]21. The van der Waals surface area contributed by atoms with E-state index in [1.165, 1.54) is 45.5 Å². The van der Waals surface area contributed by atoms with Crippen molar-refractivity contribution in [2.24, 2.45) is 0 Å². The Morgan fingerprint density at radius 3 is 2.58 bits per heavy atom. The highest BCUT2D eigenvalue weighted by Crippen LogP contribution is 2.32. The standard InChI is InChI=1S/C31H30FN9O5S2/c32-22-8-4-20(5-9-22)15-35-31(44)39(13-12-33)40-18-27(42)41-24(14-19-6-10-23(11-7-19)37-48(45)46)29(43)38(17-26(40)41)16-21-2-1-3-25-28(21)36-30(34)47-25/h1-11,24,26,37H,13-18H2,(H2,34,36)(H,35,44)(H,45,46)/t24-,26+/m0/s1. The number of nitrogens with one attached hydrogen (secondary N) is 2. The normalized spacial score (nSPS) is 18.4. The van der Waals surface area contributed by atoms with Crippen LogP contribution in [0.2, 0.25) is 0 Å². The first-order valence-electron chi connectivity index (χ1n) is 14.7. The maximum atomic E-state index is 14.2. The lowest BCUT2D eigenvalue weighted by Crippen LogP contribution is -2.66. The smallest absolute Gasteiger partial charge is 0.333 e.